The number of rotatable bonds is 4. The Bertz CT molecular complexity index is 1510. The van der Waals surface area contributed by atoms with E-state index in [0.717, 1.165) is 16.8 Å². The summed E-state index contributed by atoms with van der Waals surface area (Å²) >= 11 is 0. The zero-order valence-electron chi connectivity index (χ0n) is 20.6. The number of fused-ring (bicyclic) bond motifs is 1. The fraction of sp³-hybridized carbons (Fsp3) is 0.276. The van der Waals surface area contributed by atoms with Crippen LogP contribution in [-0.4, -0.2) is 39.6 Å². The van der Waals surface area contributed by atoms with Gasteiger partial charge in [-0.15, -0.1) is 0 Å². The minimum atomic E-state index is -0.251. The van der Waals surface area contributed by atoms with Crippen molar-refractivity contribution >= 4 is 16.7 Å². The first-order valence-corrected chi connectivity index (χ1v) is 12.1. The van der Waals surface area contributed by atoms with Crippen LogP contribution in [0.25, 0.3) is 11.0 Å². The maximum absolute atomic E-state index is 14.3. The van der Waals surface area contributed by atoms with Crippen molar-refractivity contribution in [3.05, 3.63) is 106 Å². The predicted molar refractivity (Wildman–Crippen MR) is 139 cm³/mol. The van der Waals surface area contributed by atoms with Crippen molar-refractivity contribution in [3.63, 3.8) is 0 Å². The van der Waals surface area contributed by atoms with Crippen LogP contribution in [0.2, 0.25) is 0 Å². The van der Waals surface area contributed by atoms with Gasteiger partial charge in [-0.05, 0) is 49.2 Å². The van der Waals surface area contributed by atoms with Crippen LogP contribution in [0.15, 0.2) is 77.6 Å². The molecule has 5 rings (SSSR count). The molecule has 1 aliphatic heterocycles. The number of anilines is 1. The summed E-state index contributed by atoms with van der Waals surface area (Å²) < 4.78 is 15.8. The quantitative estimate of drug-likeness (QED) is 0.425. The lowest BCUT2D eigenvalue weighted by Crippen LogP contribution is -2.57. The molecule has 0 N–H and O–H groups in total. The summed E-state index contributed by atoms with van der Waals surface area (Å²) in [4.78, 5) is 22.0. The molecular formula is C29H28FN5O. The average Bonchev–Trinajstić information content (AvgIpc) is 2.88. The molecule has 0 spiro atoms. The normalized spacial score (nSPS) is 19.2. The number of aromatic nitrogens is 2. The minimum absolute atomic E-state index is 0.0452. The highest BCUT2D eigenvalue weighted by Gasteiger charge is 2.36. The van der Waals surface area contributed by atoms with Gasteiger partial charge in [0.2, 0.25) is 0 Å². The zero-order chi connectivity index (χ0) is 25.4. The van der Waals surface area contributed by atoms with Crippen molar-refractivity contribution in [1.82, 2.24) is 14.5 Å². The first kappa shape index (κ1) is 23.7. The number of halogens is 1. The summed E-state index contributed by atoms with van der Waals surface area (Å²) in [5.74, 6) is -0.251. The van der Waals surface area contributed by atoms with Crippen molar-refractivity contribution in [1.29, 1.82) is 5.26 Å². The topological polar surface area (TPSA) is 65.2 Å². The molecule has 1 fully saturated rings. The molecule has 0 aliphatic carbocycles. The number of hydrogen-bond acceptors (Lipinski definition) is 5. The maximum atomic E-state index is 14.3. The van der Waals surface area contributed by atoms with Gasteiger partial charge in [-0.2, -0.15) is 5.26 Å². The lowest BCUT2D eigenvalue weighted by atomic mass is 9.93. The van der Waals surface area contributed by atoms with Crippen LogP contribution < -0.4 is 10.5 Å². The van der Waals surface area contributed by atoms with Gasteiger partial charge in [0, 0.05) is 38.3 Å². The predicted octanol–water partition coefficient (Wildman–Crippen LogP) is 4.63. The fourth-order valence-electron chi connectivity index (χ4n) is 5.33. The Hall–Kier alpha value is -4.02. The molecule has 1 unspecified atom stereocenters. The molecule has 2 aromatic carbocycles. The van der Waals surface area contributed by atoms with E-state index in [4.69, 9.17) is 0 Å². The summed E-state index contributed by atoms with van der Waals surface area (Å²) in [6.07, 6.45) is 0. The molecule has 0 bridgehead atoms. The van der Waals surface area contributed by atoms with Crippen molar-refractivity contribution in [2.45, 2.75) is 32.0 Å². The summed E-state index contributed by atoms with van der Waals surface area (Å²) in [5, 5.41) is 9.42. The van der Waals surface area contributed by atoms with Crippen LogP contribution in [0, 0.1) is 17.1 Å². The van der Waals surface area contributed by atoms with Gasteiger partial charge in [0.1, 0.15) is 23.1 Å². The summed E-state index contributed by atoms with van der Waals surface area (Å²) in [6.45, 7) is 5.64. The molecule has 0 saturated carbocycles. The number of benzene rings is 2. The Balaban J connectivity index is 1.56. The summed E-state index contributed by atoms with van der Waals surface area (Å²) in [7, 11) is 1.72. The molecule has 0 amide bonds. The molecule has 4 aromatic rings. The van der Waals surface area contributed by atoms with E-state index in [2.05, 4.69) is 46.8 Å². The number of aryl methyl sites for hydroxylation is 1. The van der Waals surface area contributed by atoms with Crippen LogP contribution in [0.3, 0.4) is 0 Å². The molecule has 7 heteroatoms. The van der Waals surface area contributed by atoms with E-state index >= 15 is 0 Å². The third-order valence-electron chi connectivity index (χ3n) is 7.14. The van der Waals surface area contributed by atoms with Gasteiger partial charge in [-0.25, -0.2) is 9.37 Å². The van der Waals surface area contributed by atoms with Crippen molar-refractivity contribution in [2.24, 2.45) is 7.05 Å². The first-order valence-electron chi connectivity index (χ1n) is 12.1. The second-order valence-corrected chi connectivity index (χ2v) is 9.52. The van der Waals surface area contributed by atoms with Crippen LogP contribution >= 0.6 is 0 Å². The Morgan fingerprint density at radius 2 is 1.72 bits per heavy atom. The van der Waals surface area contributed by atoms with Gasteiger partial charge in [0.15, 0.2) is 0 Å². The van der Waals surface area contributed by atoms with E-state index in [1.165, 1.54) is 6.07 Å². The Kier molecular flexibility index (Phi) is 6.29. The highest BCUT2D eigenvalue weighted by atomic mass is 19.1. The summed E-state index contributed by atoms with van der Waals surface area (Å²) in [5.41, 5.74) is 4.30. The maximum Gasteiger partial charge on any atom is 0.252 e. The van der Waals surface area contributed by atoms with Gasteiger partial charge in [0.25, 0.3) is 5.56 Å². The number of piperazine rings is 1. The first-order chi connectivity index (χ1) is 17.4. The molecule has 3 heterocycles. The second-order valence-electron chi connectivity index (χ2n) is 9.52. The fourth-order valence-corrected chi connectivity index (χ4v) is 5.33. The van der Waals surface area contributed by atoms with Crippen molar-refractivity contribution in [2.75, 3.05) is 18.0 Å². The number of nitrogens with zero attached hydrogens (tertiary/aromatic N) is 5. The molecule has 3 atom stereocenters. The van der Waals surface area contributed by atoms with E-state index in [0.29, 0.717) is 29.8 Å². The minimum Gasteiger partial charge on any atom is -0.364 e. The van der Waals surface area contributed by atoms with Gasteiger partial charge in [-0.3, -0.25) is 9.69 Å². The Labute approximate surface area is 209 Å². The van der Waals surface area contributed by atoms with E-state index in [9.17, 15) is 14.4 Å². The Morgan fingerprint density at radius 1 is 0.972 bits per heavy atom. The Morgan fingerprint density at radius 3 is 2.44 bits per heavy atom. The van der Waals surface area contributed by atoms with Crippen LogP contribution in [0.4, 0.5) is 10.1 Å². The number of nitriles is 1. The van der Waals surface area contributed by atoms with E-state index in [1.807, 2.05) is 24.3 Å². The van der Waals surface area contributed by atoms with Gasteiger partial charge in [0.05, 0.1) is 17.2 Å². The monoisotopic (exact) mass is 481 g/mol. The largest absolute Gasteiger partial charge is 0.364 e. The van der Waals surface area contributed by atoms with Crippen molar-refractivity contribution in [3.8, 4) is 6.07 Å². The second kappa shape index (κ2) is 9.56. The van der Waals surface area contributed by atoms with E-state index in [-0.39, 0.29) is 29.5 Å². The molecule has 2 aromatic heterocycles. The highest BCUT2D eigenvalue weighted by molar-refractivity contribution is 5.89. The molecule has 36 heavy (non-hydrogen) atoms. The van der Waals surface area contributed by atoms with Gasteiger partial charge >= 0.3 is 0 Å². The SMILES string of the molecule is C[C@@H]1CN(c2cc(=O)n(C)c3ccc(C#N)nc23)[C@@H](C)CN1C(c1ccccc1)c1cccc(F)c1. The van der Waals surface area contributed by atoms with E-state index < -0.39 is 0 Å². The van der Waals surface area contributed by atoms with Crippen LogP contribution in [0.5, 0.6) is 0 Å². The lowest BCUT2D eigenvalue weighted by molar-refractivity contribution is 0.130. The molecule has 182 valence electrons. The van der Waals surface area contributed by atoms with E-state index in [1.54, 1.807) is 41.9 Å². The van der Waals surface area contributed by atoms with Gasteiger partial charge < -0.3 is 9.47 Å². The lowest BCUT2D eigenvalue weighted by Gasteiger charge is -2.48. The number of pyridine rings is 2. The smallest absolute Gasteiger partial charge is 0.252 e. The van der Waals surface area contributed by atoms with Crippen LogP contribution in [0.1, 0.15) is 36.7 Å². The van der Waals surface area contributed by atoms with Crippen molar-refractivity contribution < 1.29 is 4.39 Å². The molecule has 6 nitrogen and oxygen atoms in total. The molecule has 0 radical (unpaired) electrons. The van der Waals surface area contributed by atoms with Crippen LogP contribution in [-0.2, 0) is 7.05 Å². The molecule has 1 saturated heterocycles. The number of hydrogen-bond donors (Lipinski definition) is 0. The zero-order valence-corrected chi connectivity index (χ0v) is 20.6. The molecular weight excluding hydrogens is 453 g/mol. The third-order valence-corrected chi connectivity index (χ3v) is 7.14. The summed E-state index contributed by atoms with van der Waals surface area (Å²) in [6, 6.07) is 24.2. The third kappa shape index (κ3) is 4.25. The highest BCUT2D eigenvalue weighted by Crippen LogP contribution is 2.36. The average molecular weight is 482 g/mol. The molecule has 1 aliphatic rings. The standard InChI is InChI=1S/C29H28FN5O/c1-19-18-35(29(21-8-5-4-6-9-21)22-10-7-11-23(30)14-22)20(2)17-34(19)26-15-27(36)33(3)25-13-12-24(16-31)32-28(25)26/h4-15,19-20,29H,17-18H2,1-3H3/t19-,20+,29?/m0/s1. The van der Waals surface area contributed by atoms with Gasteiger partial charge in [-0.1, -0.05) is 42.5 Å².